The SMILES string of the molecule is CC(NC(=O)c1cnn2cccnc12)c1cc2cc(F)cc(C(=O)OC3CC(F)(F)C3)c2o1. The lowest BCUT2D eigenvalue weighted by Crippen LogP contribution is -2.42. The van der Waals surface area contributed by atoms with Gasteiger partial charge in [0.2, 0.25) is 0 Å². The second-order valence-electron chi connectivity index (χ2n) is 7.95. The standard InChI is InChI=1S/C22H17F3N4O4/c1-11(28-20(30)16-10-27-29-4-2-3-26-19(16)29)17-6-12-5-13(23)7-15(18(12)33-17)21(31)32-14-8-22(24,25)9-14/h2-7,10-11,14H,8-9H2,1H3,(H,28,30). The normalized spacial score (nSPS) is 16.5. The highest BCUT2D eigenvalue weighted by Gasteiger charge is 2.47. The van der Waals surface area contributed by atoms with Crippen LogP contribution < -0.4 is 5.32 Å². The van der Waals surface area contributed by atoms with E-state index in [-0.39, 0.29) is 27.9 Å². The molecule has 5 rings (SSSR count). The van der Waals surface area contributed by atoms with Crippen LogP contribution in [-0.2, 0) is 4.74 Å². The Hall–Kier alpha value is -3.89. The van der Waals surface area contributed by atoms with Crippen molar-refractivity contribution in [2.75, 3.05) is 0 Å². The van der Waals surface area contributed by atoms with E-state index in [0.717, 1.165) is 6.07 Å². The Bertz CT molecular complexity index is 1390. The Labute approximate surface area is 184 Å². The lowest BCUT2D eigenvalue weighted by molar-refractivity contribution is -0.146. The number of carbonyl (C=O) groups is 2. The zero-order valence-corrected chi connectivity index (χ0v) is 17.2. The fourth-order valence-corrected chi connectivity index (χ4v) is 3.74. The number of furan rings is 1. The number of esters is 1. The molecule has 1 N–H and O–H groups in total. The van der Waals surface area contributed by atoms with E-state index in [2.05, 4.69) is 15.4 Å². The average molecular weight is 458 g/mol. The Balaban J connectivity index is 1.38. The lowest BCUT2D eigenvalue weighted by Gasteiger charge is -2.34. The molecule has 170 valence electrons. The van der Waals surface area contributed by atoms with Crippen molar-refractivity contribution in [2.24, 2.45) is 0 Å². The number of halogens is 3. The summed E-state index contributed by atoms with van der Waals surface area (Å²) in [4.78, 5) is 29.3. The first-order valence-electron chi connectivity index (χ1n) is 10.1. The maximum absolute atomic E-state index is 14.1. The summed E-state index contributed by atoms with van der Waals surface area (Å²) < 4.78 is 52.4. The van der Waals surface area contributed by atoms with Crippen molar-refractivity contribution in [3.8, 4) is 0 Å². The number of nitrogens with zero attached hydrogens (tertiary/aromatic N) is 3. The van der Waals surface area contributed by atoms with E-state index in [4.69, 9.17) is 9.15 Å². The van der Waals surface area contributed by atoms with E-state index in [0.29, 0.717) is 5.65 Å². The predicted octanol–water partition coefficient (Wildman–Crippen LogP) is 4.06. The van der Waals surface area contributed by atoms with Crippen LogP contribution in [0.15, 0.2) is 47.3 Å². The van der Waals surface area contributed by atoms with Gasteiger partial charge in [-0.2, -0.15) is 5.10 Å². The van der Waals surface area contributed by atoms with Gasteiger partial charge in [0, 0.05) is 30.6 Å². The number of fused-ring (bicyclic) bond motifs is 2. The van der Waals surface area contributed by atoms with Gasteiger partial charge in [0.1, 0.15) is 34.4 Å². The Morgan fingerprint density at radius 1 is 1.27 bits per heavy atom. The summed E-state index contributed by atoms with van der Waals surface area (Å²) in [6, 6.07) is 4.62. The highest BCUT2D eigenvalue weighted by atomic mass is 19.3. The molecule has 1 aromatic carbocycles. The van der Waals surface area contributed by atoms with Gasteiger partial charge in [-0.1, -0.05) is 0 Å². The number of hydrogen-bond donors (Lipinski definition) is 1. The van der Waals surface area contributed by atoms with Crippen molar-refractivity contribution in [3.05, 3.63) is 65.6 Å². The quantitative estimate of drug-likeness (QED) is 0.453. The summed E-state index contributed by atoms with van der Waals surface area (Å²) in [7, 11) is 0. The van der Waals surface area contributed by atoms with Crippen LogP contribution in [0.1, 0.15) is 52.3 Å². The number of aromatic nitrogens is 3. The van der Waals surface area contributed by atoms with Gasteiger partial charge in [-0.15, -0.1) is 0 Å². The Kier molecular flexibility index (Phi) is 4.84. The molecule has 1 saturated carbocycles. The zero-order chi connectivity index (χ0) is 23.3. The van der Waals surface area contributed by atoms with Gasteiger partial charge in [-0.25, -0.2) is 27.5 Å². The number of hydrogen-bond acceptors (Lipinski definition) is 6. The number of amides is 1. The molecule has 0 bridgehead atoms. The molecule has 1 amide bonds. The van der Waals surface area contributed by atoms with E-state index in [1.807, 2.05) is 0 Å². The summed E-state index contributed by atoms with van der Waals surface area (Å²) in [5, 5.41) is 7.10. The molecule has 1 fully saturated rings. The number of alkyl halides is 2. The van der Waals surface area contributed by atoms with Crippen LogP contribution in [0.2, 0.25) is 0 Å². The maximum Gasteiger partial charge on any atom is 0.342 e. The molecule has 1 aliphatic rings. The first-order chi connectivity index (χ1) is 15.7. The summed E-state index contributed by atoms with van der Waals surface area (Å²) in [6.45, 7) is 1.65. The lowest BCUT2D eigenvalue weighted by atomic mass is 9.91. The van der Waals surface area contributed by atoms with Crippen molar-refractivity contribution >= 4 is 28.5 Å². The highest BCUT2D eigenvalue weighted by Crippen LogP contribution is 2.40. The molecule has 1 atom stereocenters. The van der Waals surface area contributed by atoms with Crippen LogP contribution in [0.5, 0.6) is 0 Å². The van der Waals surface area contributed by atoms with Crippen LogP contribution in [-0.4, -0.2) is 38.5 Å². The molecule has 0 radical (unpaired) electrons. The van der Waals surface area contributed by atoms with Gasteiger partial charge in [-0.3, -0.25) is 4.79 Å². The van der Waals surface area contributed by atoms with Gasteiger partial charge >= 0.3 is 5.97 Å². The minimum Gasteiger partial charge on any atom is -0.458 e. The van der Waals surface area contributed by atoms with Crippen molar-refractivity contribution in [3.63, 3.8) is 0 Å². The molecule has 3 heterocycles. The van der Waals surface area contributed by atoms with E-state index >= 15 is 0 Å². The molecule has 11 heteroatoms. The van der Waals surface area contributed by atoms with Gasteiger partial charge in [0.25, 0.3) is 11.8 Å². The smallest absolute Gasteiger partial charge is 0.342 e. The first kappa shape index (κ1) is 21.0. The van der Waals surface area contributed by atoms with Crippen molar-refractivity contribution in [1.29, 1.82) is 0 Å². The van der Waals surface area contributed by atoms with Crippen LogP contribution in [0.4, 0.5) is 13.2 Å². The number of rotatable bonds is 5. The van der Waals surface area contributed by atoms with Crippen LogP contribution in [0, 0.1) is 5.82 Å². The summed E-state index contributed by atoms with van der Waals surface area (Å²) >= 11 is 0. The molecule has 33 heavy (non-hydrogen) atoms. The van der Waals surface area contributed by atoms with Crippen LogP contribution in [0.3, 0.4) is 0 Å². The average Bonchev–Trinajstić information content (AvgIpc) is 3.36. The fourth-order valence-electron chi connectivity index (χ4n) is 3.74. The van der Waals surface area contributed by atoms with E-state index < -0.39 is 48.6 Å². The third-order valence-electron chi connectivity index (χ3n) is 5.44. The first-order valence-corrected chi connectivity index (χ1v) is 10.1. The topological polar surface area (TPSA) is 98.7 Å². The molecular weight excluding hydrogens is 441 g/mol. The minimum absolute atomic E-state index is 0.0428. The largest absolute Gasteiger partial charge is 0.458 e. The molecular formula is C22H17F3N4O4. The van der Waals surface area contributed by atoms with Crippen LogP contribution in [0.25, 0.3) is 16.6 Å². The second kappa shape index (κ2) is 7.61. The van der Waals surface area contributed by atoms with E-state index in [1.165, 1.54) is 29.0 Å². The zero-order valence-electron chi connectivity index (χ0n) is 17.2. The van der Waals surface area contributed by atoms with Gasteiger partial charge < -0.3 is 14.5 Å². The Morgan fingerprint density at radius 3 is 2.82 bits per heavy atom. The summed E-state index contributed by atoms with van der Waals surface area (Å²) in [6.07, 6.45) is 2.51. The number of ether oxygens (including phenoxy) is 1. The van der Waals surface area contributed by atoms with E-state index in [9.17, 15) is 22.8 Å². The molecule has 8 nitrogen and oxygen atoms in total. The molecule has 0 aliphatic heterocycles. The molecule has 1 unspecified atom stereocenters. The molecule has 4 aromatic rings. The number of carbonyl (C=O) groups excluding carboxylic acids is 2. The van der Waals surface area contributed by atoms with Gasteiger partial charge in [0.05, 0.1) is 12.2 Å². The van der Waals surface area contributed by atoms with Crippen molar-refractivity contribution < 1.29 is 31.9 Å². The number of benzene rings is 1. The predicted molar refractivity (Wildman–Crippen MR) is 108 cm³/mol. The van der Waals surface area contributed by atoms with Crippen molar-refractivity contribution in [1.82, 2.24) is 19.9 Å². The second-order valence-corrected chi connectivity index (χ2v) is 7.95. The molecule has 3 aromatic heterocycles. The third kappa shape index (κ3) is 3.90. The van der Waals surface area contributed by atoms with Gasteiger partial charge in [-0.05, 0) is 31.2 Å². The molecule has 1 aliphatic carbocycles. The highest BCUT2D eigenvalue weighted by molar-refractivity contribution is 6.02. The van der Waals surface area contributed by atoms with E-state index in [1.54, 1.807) is 19.2 Å². The monoisotopic (exact) mass is 458 g/mol. The summed E-state index contributed by atoms with van der Waals surface area (Å²) in [5.74, 6) is -4.71. The summed E-state index contributed by atoms with van der Waals surface area (Å²) in [5.41, 5.74) is 0.463. The third-order valence-corrected chi connectivity index (χ3v) is 5.44. The minimum atomic E-state index is -2.86. The maximum atomic E-state index is 14.1. The molecule has 0 spiro atoms. The Morgan fingerprint density at radius 2 is 2.06 bits per heavy atom. The number of nitrogens with one attached hydrogen (secondary N) is 1. The fraction of sp³-hybridized carbons (Fsp3) is 0.273. The van der Waals surface area contributed by atoms with Gasteiger partial charge in [0.15, 0.2) is 5.65 Å². The van der Waals surface area contributed by atoms with Crippen molar-refractivity contribution in [2.45, 2.75) is 37.8 Å². The molecule has 0 saturated heterocycles. The van der Waals surface area contributed by atoms with Crippen LogP contribution >= 0.6 is 0 Å².